The van der Waals surface area contributed by atoms with Crippen molar-refractivity contribution < 1.29 is 9.59 Å². The molecule has 0 spiro atoms. The molecule has 0 aromatic carbocycles. The quantitative estimate of drug-likeness (QED) is 0.573. The highest BCUT2D eigenvalue weighted by atomic mass is 16.2. The summed E-state index contributed by atoms with van der Waals surface area (Å²) in [7, 11) is 0. The molecule has 1 saturated heterocycles. The number of nitrogens with two attached hydrogens (primary N) is 1. The van der Waals surface area contributed by atoms with Gasteiger partial charge in [0.1, 0.15) is 0 Å². The molecule has 5 nitrogen and oxygen atoms in total. The smallest absolute Gasteiger partial charge is 0.221 e. The number of amides is 2. The summed E-state index contributed by atoms with van der Waals surface area (Å²) < 4.78 is 0. The van der Waals surface area contributed by atoms with E-state index in [0.717, 1.165) is 13.1 Å². The van der Waals surface area contributed by atoms with Gasteiger partial charge >= 0.3 is 0 Å². The standard InChI is InChI=1S/C8H15N3O2/c9-7(12)1-4-11-5-2-8(13)10-3-6-11/h1-6H2,(H2,9,12)(H,10,13). The van der Waals surface area contributed by atoms with E-state index in [2.05, 4.69) is 10.2 Å². The van der Waals surface area contributed by atoms with Gasteiger partial charge in [0, 0.05) is 39.0 Å². The van der Waals surface area contributed by atoms with Crippen molar-refractivity contribution in [3.8, 4) is 0 Å². The van der Waals surface area contributed by atoms with Gasteiger partial charge < -0.3 is 16.0 Å². The van der Waals surface area contributed by atoms with E-state index in [1.807, 2.05) is 0 Å². The lowest BCUT2D eigenvalue weighted by atomic mass is 10.3. The maximum absolute atomic E-state index is 10.9. The minimum atomic E-state index is -0.288. The summed E-state index contributed by atoms with van der Waals surface area (Å²) in [5, 5.41) is 2.77. The average molecular weight is 185 g/mol. The van der Waals surface area contributed by atoms with Crippen molar-refractivity contribution >= 4 is 11.8 Å². The number of rotatable bonds is 3. The highest BCUT2D eigenvalue weighted by Gasteiger charge is 2.12. The summed E-state index contributed by atoms with van der Waals surface area (Å²) in [4.78, 5) is 23.5. The molecule has 3 N–H and O–H groups in total. The third-order valence-electron chi connectivity index (χ3n) is 2.08. The van der Waals surface area contributed by atoms with Crippen LogP contribution < -0.4 is 11.1 Å². The Labute approximate surface area is 77.3 Å². The molecule has 0 unspecified atom stereocenters. The Morgan fingerprint density at radius 1 is 1.54 bits per heavy atom. The summed E-state index contributed by atoms with van der Waals surface area (Å²) in [6.45, 7) is 2.85. The van der Waals surface area contributed by atoms with Crippen molar-refractivity contribution in [3.05, 3.63) is 0 Å². The zero-order chi connectivity index (χ0) is 9.68. The maximum atomic E-state index is 10.9. The van der Waals surface area contributed by atoms with Crippen LogP contribution in [-0.2, 0) is 9.59 Å². The van der Waals surface area contributed by atoms with Gasteiger partial charge in [-0.15, -0.1) is 0 Å². The number of primary amides is 1. The molecule has 0 aliphatic carbocycles. The van der Waals surface area contributed by atoms with Crippen LogP contribution >= 0.6 is 0 Å². The van der Waals surface area contributed by atoms with Gasteiger partial charge in [-0.05, 0) is 0 Å². The molecule has 2 amide bonds. The van der Waals surface area contributed by atoms with Crippen LogP contribution in [0.25, 0.3) is 0 Å². The molecule has 1 aliphatic rings. The van der Waals surface area contributed by atoms with Crippen LogP contribution in [0.4, 0.5) is 0 Å². The second-order valence-electron chi connectivity index (χ2n) is 3.16. The summed E-state index contributed by atoms with van der Waals surface area (Å²) in [5.74, 6) is -0.204. The van der Waals surface area contributed by atoms with E-state index >= 15 is 0 Å². The number of hydrogen-bond donors (Lipinski definition) is 2. The molecule has 5 heteroatoms. The number of carbonyl (C=O) groups excluding carboxylic acids is 2. The minimum Gasteiger partial charge on any atom is -0.370 e. The van der Waals surface area contributed by atoms with Gasteiger partial charge in [0.05, 0.1) is 0 Å². The van der Waals surface area contributed by atoms with Gasteiger partial charge in [0.25, 0.3) is 0 Å². The Kier molecular flexibility index (Phi) is 3.70. The molecule has 0 aromatic heterocycles. The summed E-state index contributed by atoms with van der Waals surface area (Å²) in [6.07, 6.45) is 0.882. The largest absolute Gasteiger partial charge is 0.370 e. The van der Waals surface area contributed by atoms with Crippen molar-refractivity contribution in [2.75, 3.05) is 26.2 Å². The van der Waals surface area contributed by atoms with Crippen molar-refractivity contribution in [2.24, 2.45) is 5.73 Å². The van der Waals surface area contributed by atoms with Crippen molar-refractivity contribution in [3.63, 3.8) is 0 Å². The SMILES string of the molecule is NC(=O)CCN1CCNC(=O)CC1. The summed E-state index contributed by atoms with van der Waals surface area (Å²) >= 11 is 0. The molecule has 1 aliphatic heterocycles. The number of nitrogens with zero attached hydrogens (tertiary/aromatic N) is 1. The lowest BCUT2D eigenvalue weighted by Gasteiger charge is -2.17. The average Bonchev–Trinajstić information content (AvgIpc) is 2.27. The maximum Gasteiger partial charge on any atom is 0.221 e. The predicted molar refractivity (Wildman–Crippen MR) is 47.9 cm³/mol. The zero-order valence-corrected chi connectivity index (χ0v) is 7.58. The number of carbonyl (C=O) groups is 2. The van der Waals surface area contributed by atoms with Crippen LogP contribution in [0.1, 0.15) is 12.8 Å². The van der Waals surface area contributed by atoms with Crippen LogP contribution in [0.15, 0.2) is 0 Å². The molecular weight excluding hydrogens is 170 g/mol. The van der Waals surface area contributed by atoms with E-state index in [-0.39, 0.29) is 11.8 Å². The molecule has 13 heavy (non-hydrogen) atoms. The van der Waals surface area contributed by atoms with Crippen molar-refractivity contribution in [1.82, 2.24) is 10.2 Å². The van der Waals surface area contributed by atoms with Crippen LogP contribution in [-0.4, -0.2) is 42.9 Å². The normalized spacial score (nSPS) is 19.2. The first-order valence-electron chi connectivity index (χ1n) is 4.46. The summed E-state index contributed by atoms with van der Waals surface area (Å²) in [6, 6.07) is 0. The fourth-order valence-corrected chi connectivity index (χ4v) is 1.31. The van der Waals surface area contributed by atoms with E-state index in [1.54, 1.807) is 0 Å². The van der Waals surface area contributed by atoms with Crippen LogP contribution in [0.5, 0.6) is 0 Å². The molecule has 1 rings (SSSR count). The Morgan fingerprint density at radius 3 is 3.00 bits per heavy atom. The second-order valence-corrected chi connectivity index (χ2v) is 3.16. The fourth-order valence-electron chi connectivity index (χ4n) is 1.31. The van der Waals surface area contributed by atoms with E-state index in [0.29, 0.717) is 25.9 Å². The molecule has 0 aromatic rings. The van der Waals surface area contributed by atoms with Gasteiger partial charge in [-0.1, -0.05) is 0 Å². The Hall–Kier alpha value is -1.10. The van der Waals surface area contributed by atoms with E-state index < -0.39 is 0 Å². The molecule has 0 bridgehead atoms. The first-order chi connectivity index (χ1) is 6.18. The lowest BCUT2D eigenvalue weighted by Crippen LogP contribution is -2.31. The predicted octanol–water partition coefficient (Wildman–Crippen LogP) is -1.32. The lowest BCUT2D eigenvalue weighted by molar-refractivity contribution is -0.120. The monoisotopic (exact) mass is 185 g/mol. The van der Waals surface area contributed by atoms with Gasteiger partial charge in [-0.25, -0.2) is 0 Å². The minimum absolute atomic E-state index is 0.0848. The Morgan fingerprint density at radius 2 is 2.31 bits per heavy atom. The molecule has 0 saturated carbocycles. The van der Waals surface area contributed by atoms with Crippen LogP contribution in [0, 0.1) is 0 Å². The first kappa shape index (κ1) is 9.98. The van der Waals surface area contributed by atoms with Crippen molar-refractivity contribution in [1.29, 1.82) is 0 Å². The third-order valence-corrected chi connectivity index (χ3v) is 2.08. The van der Waals surface area contributed by atoms with Gasteiger partial charge in [0.2, 0.25) is 11.8 Å². The highest BCUT2D eigenvalue weighted by molar-refractivity contribution is 5.76. The molecule has 1 heterocycles. The molecular formula is C8H15N3O2. The van der Waals surface area contributed by atoms with Gasteiger partial charge in [-0.3, -0.25) is 9.59 Å². The van der Waals surface area contributed by atoms with Gasteiger partial charge in [-0.2, -0.15) is 0 Å². The van der Waals surface area contributed by atoms with E-state index in [4.69, 9.17) is 5.73 Å². The Bertz CT molecular complexity index is 206. The third kappa shape index (κ3) is 3.89. The highest BCUT2D eigenvalue weighted by Crippen LogP contribution is 1.97. The Balaban J connectivity index is 2.25. The zero-order valence-electron chi connectivity index (χ0n) is 7.58. The van der Waals surface area contributed by atoms with Crippen molar-refractivity contribution in [2.45, 2.75) is 12.8 Å². The molecule has 0 radical (unpaired) electrons. The molecule has 74 valence electrons. The number of nitrogens with one attached hydrogen (secondary N) is 1. The molecule has 1 fully saturated rings. The van der Waals surface area contributed by atoms with E-state index in [1.165, 1.54) is 0 Å². The first-order valence-corrected chi connectivity index (χ1v) is 4.46. The van der Waals surface area contributed by atoms with Crippen LogP contribution in [0.3, 0.4) is 0 Å². The number of hydrogen-bond acceptors (Lipinski definition) is 3. The van der Waals surface area contributed by atoms with E-state index in [9.17, 15) is 9.59 Å². The van der Waals surface area contributed by atoms with Gasteiger partial charge in [0.15, 0.2) is 0 Å². The summed E-state index contributed by atoms with van der Waals surface area (Å²) in [5.41, 5.74) is 5.03. The topological polar surface area (TPSA) is 75.4 Å². The second kappa shape index (κ2) is 4.81. The molecule has 0 atom stereocenters. The fraction of sp³-hybridized carbons (Fsp3) is 0.750. The van der Waals surface area contributed by atoms with Crippen LogP contribution in [0.2, 0.25) is 0 Å².